The molecule has 0 aliphatic carbocycles. The quantitative estimate of drug-likeness (QED) is 0.496. The summed E-state index contributed by atoms with van der Waals surface area (Å²) < 4.78 is 9.31. The fourth-order valence-electron chi connectivity index (χ4n) is 0.819. The van der Waals surface area contributed by atoms with E-state index in [1.807, 2.05) is 0 Å². The molecule has 2 atom stereocenters. The van der Waals surface area contributed by atoms with Gasteiger partial charge in [0, 0.05) is 0 Å². The molecule has 5 nitrogen and oxygen atoms in total. The van der Waals surface area contributed by atoms with Crippen molar-refractivity contribution >= 4 is 18.2 Å². The maximum atomic E-state index is 11.2. The van der Waals surface area contributed by atoms with Gasteiger partial charge < -0.3 is 14.3 Å². The lowest BCUT2D eigenvalue weighted by atomic mass is 10.1. The smallest absolute Gasteiger partial charge is 0.347 e. The van der Waals surface area contributed by atoms with Crippen LogP contribution in [0.15, 0.2) is 0 Å². The molecule has 0 rings (SSSR count). The fourth-order valence-corrected chi connectivity index (χ4v) is 0.819. The molecule has 0 amide bonds. The number of aldehydes is 1. The van der Waals surface area contributed by atoms with Crippen LogP contribution in [0.4, 0.5) is 0 Å². The van der Waals surface area contributed by atoms with E-state index in [1.165, 1.54) is 14.0 Å². The highest BCUT2D eigenvalue weighted by Gasteiger charge is 2.30. The lowest BCUT2D eigenvalue weighted by Gasteiger charge is -2.18. The van der Waals surface area contributed by atoms with E-state index >= 15 is 0 Å². The minimum atomic E-state index is -1.15. The number of hydrogen-bond donors (Lipinski definition) is 0. The molecule has 15 heavy (non-hydrogen) atoms. The first-order chi connectivity index (χ1) is 6.93. The zero-order chi connectivity index (χ0) is 12.0. The minimum Gasteiger partial charge on any atom is -0.466 e. The summed E-state index contributed by atoms with van der Waals surface area (Å²) >= 11 is 0. The Morgan fingerprint density at radius 1 is 1.13 bits per heavy atom. The van der Waals surface area contributed by atoms with Gasteiger partial charge in [-0.3, -0.25) is 4.79 Å². The second kappa shape index (κ2) is 6.16. The first-order valence-electron chi connectivity index (χ1n) is 4.67. The van der Waals surface area contributed by atoms with Gasteiger partial charge in [0.25, 0.3) is 0 Å². The first kappa shape index (κ1) is 13.6. The molecule has 0 saturated heterocycles. The van der Waals surface area contributed by atoms with Crippen molar-refractivity contribution < 1.29 is 23.9 Å². The highest BCUT2D eigenvalue weighted by molar-refractivity contribution is 5.82. The second-order valence-electron chi connectivity index (χ2n) is 3.53. The molecule has 0 bridgehead atoms. The predicted octanol–water partition coefficient (Wildman–Crippen LogP) is 0.562. The number of esters is 2. The van der Waals surface area contributed by atoms with Crippen molar-refractivity contribution in [1.29, 1.82) is 0 Å². The van der Waals surface area contributed by atoms with E-state index in [0.29, 0.717) is 6.29 Å². The normalized spacial score (nSPS) is 14.2. The lowest BCUT2D eigenvalue weighted by Crippen LogP contribution is -2.36. The van der Waals surface area contributed by atoms with E-state index in [9.17, 15) is 14.4 Å². The monoisotopic (exact) mass is 216 g/mol. The van der Waals surface area contributed by atoms with Crippen LogP contribution < -0.4 is 0 Å². The van der Waals surface area contributed by atoms with Crippen molar-refractivity contribution in [1.82, 2.24) is 0 Å². The molecule has 0 aromatic rings. The molecular weight excluding hydrogens is 200 g/mol. The second-order valence-corrected chi connectivity index (χ2v) is 3.53. The minimum absolute atomic E-state index is 0.351. The van der Waals surface area contributed by atoms with Crippen LogP contribution in [0.25, 0.3) is 0 Å². The van der Waals surface area contributed by atoms with Gasteiger partial charge in [-0.2, -0.15) is 0 Å². The van der Waals surface area contributed by atoms with Crippen LogP contribution in [0.2, 0.25) is 0 Å². The SMILES string of the molecule is COC(=O)C(OC(=O)C(C)C)C(C)C=O. The van der Waals surface area contributed by atoms with Crippen LogP contribution in [-0.2, 0) is 23.9 Å². The summed E-state index contributed by atoms with van der Waals surface area (Å²) in [6, 6.07) is 0. The summed E-state index contributed by atoms with van der Waals surface area (Å²) in [5, 5.41) is 0. The molecule has 0 spiro atoms. The summed E-state index contributed by atoms with van der Waals surface area (Å²) in [5.41, 5.74) is 0. The Balaban J connectivity index is 4.58. The first-order valence-corrected chi connectivity index (χ1v) is 4.67. The van der Waals surface area contributed by atoms with Gasteiger partial charge in [0.1, 0.15) is 6.29 Å². The van der Waals surface area contributed by atoms with Gasteiger partial charge in [0.05, 0.1) is 18.9 Å². The van der Waals surface area contributed by atoms with Crippen LogP contribution in [0.5, 0.6) is 0 Å². The molecule has 0 N–H and O–H groups in total. The summed E-state index contributed by atoms with van der Waals surface area (Å²) in [7, 11) is 1.18. The van der Waals surface area contributed by atoms with Crippen molar-refractivity contribution in [3.63, 3.8) is 0 Å². The van der Waals surface area contributed by atoms with Gasteiger partial charge in [-0.25, -0.2) is 4.79 Å². The van der Waals surface area contributed by atoms with Crippen LogP contribution in [-0.4, -0.2) is 31.4 Å². The summed E-state index contributed by atoms with van der Waals surface area (Å²) in [5.74, 6) is -2.31. The van der Waals surface area contributed by atoms with Crippen molar-refractivity contribution in [2.45, 2.75) is 26.9 Å². The zero-order valence-corrected chi connectivity index (χ0v) is 9.35. The Bertz CT molecular complexity index is 246. The number of hydrogen-bond acceptors (Lipinski definition) is 5. The molecule has 0 aromatic heterocycles. The molecule has 0 aliphatic rings. The lowest BCUT2D eigenvalue weighted by molar-refractivity contribution is -0.171. The molecule has 0 heterocycles. The van der Waals surface area contributed by atoms with E-state index in [2.05, 4.69) is 4.74 Å². The topological polar surface area (TPSA) is 69.7 Å². The Morgan fingerprint density at radius 2 is 1.67 bits per heavy atom. The number of methoxy groups -OCH3 is 1. The maximum Gasteiger partial charge on any atom is 0.347 e. The summed E-state index contributed by atoms with van der Waals surface area (Å²) in [6.45, 7) is 4.77. The Labute approximate surface area is 88.7 Å². The average Bonchev–Trinajstić information content (AvgIpc) is 2.23. The van der Waals surface area contributed by atoms with Crippen molar-refractivity contribution in [2.24, 2.45) is 11.8 Å². The van der Waals surface area contributed by atoms with Crippen LogP contribution in [0.3, 0.4) is 0 Å². The van der Waals surface area contributed by atoms with Gasteiger partial charge in [0.2, 0.25) is 6.10 Å². The third-order valence-corrected chi connectivity index (χ3v) is 1.84. The van der Waals surface area contributed by atoms with E-state index in [-0.39, 0.29) is 5.92 Å². The standard InChI is InChI=1S/C10H16O5/c1-6(2)9(12)15-8(7(3)5-11)10(13)14-4/h5-8H,1-4H3. The van der Waals surface area contributed by atoms with Crippen LogP contribution in [0.1, 0.15) is 20.8 Å². The van der Waals surface area contributed by atoms with Gasteiger partial charge in [-0.1, -0.05) is 20.8 Å². The molecule has 86 valence electrons. The van der Waals surface area contributed by atoms with E-state index in [1.54, 1.807) is 13.8 Å². The van der Waals surface area contributed by atoms with E-state index in [4.69, 9.17) is 4.74 Å². The van der Waals surface area contributed by atoms with Crippen LogP contribution >= 0.6 is 0 Å². The Hall–Kier alpha value is -1.39. The highest BCUT2D eigenvalue weighted by atomic mass is 16.6. The molecule has 2 unspecified atom stereocenters. The Kier molecular flexibility index (Phi) is 5.59. The molecule has 0 saturated carbocycles. The number of carbonyl (C=O) groups excluding carboxylic acids is 3. The molecule has 0 aliphatic heterocycles. The largest absolute Gasteiger partial charge is 0.466 e. The highest BCUT2D eigenvalue weighted by Crippen LogP contribution is 2.10. The third kappa shape index (κ3) is 4.10. The molecule has 0 fully saturated rings. The molecular formula is C10H16O5. The predicted molar refractivity (Wildman–Crippen MR) is 52.0 cm³/mol. The van der Waals surface area contributed by atoms with E-state index in [0.717, 1.165) is 0 Å². The molecule has 0 aromatic carbocycles. The summed E-state index contributed by atoms with van der Waals surface area (Å²) in [4.78, 5) is 33.0. The number of ether oxygens (including phenoxy) is 2. The summed E-state index contributed by atoms with van der Waals surface area (Å²) in [6.07, 6.45) is -0.600. The number of carbonyl (C=O) groups is 3. The van der Waals surface area contributed by atoms with Crippen molar-refractivity contribution in [3.05, 3.63) is 0 Å². The fraction of sp³-hybridized carbons (Fsp3) is 0.700. The van der Waals surface area contributed by atoms with E-state index < -0.39 is 24.0 Å². The molecule has 5 heteroatoms. The van der Waals surface area contributed by atoms with Gasteiger partial charge >= 0.3 is 11.9 Å². The van der Waals surface area contributed by atoms with Gasteiger partial charge in [-0.15, -0.1) is 0 Å². The maximum absolute atomic E-state index is 11.2. The zero-order valence-electron chi connectivity index (χ0n) is 9.35. The van der Waals surface area contributed by atoms with Crippen molar-refractivity contribution in [3.8, 4) is 0 Å². The van der Waals surface area contributed by atoms with Gasteiger partial charge in [-0.05, 0) is 0 Å². The average molecular weight is 216 g/mol. The van der Waals surface area contributed by atoms with Gasteiger partial charge in [0.15, 0.2) is 0 Å². The third-order valence-electron chi connectivity index (χ3n) is 1.84. The Morgan fingerprint density at radius 3 is 2.00 bits per heavy atom. The van der Waals surface area contributed by atoms with Crippen molar-refractivity contribution in [2.75, 3.05) is 7.11 Å². The van der Waals surface area contributed by atoms with Crippen LogP contribution in [0, 0.1) is 11.8 Å². The molecule has 0 radical (unpaired) electrons. The number of rotatable bonds is 5.